The first-order valence-corrected chi connectivity index (χ1v) is 6.33. The number of rotatable bonds is 4. The summed E-state index contributed by atoms with van der Waals surface area (Å²) in [5.74, 6) is -0.518. The van der Waals surface area contributed by atoms with E-state index in [4.69, 9.17) is 16.3 Å². The second-order valence-electron chi connectivity index (χ2n) is 4.65. The Balaban J connectivity index is 2.15. The van der Waals surface area contributed by atoms with Crippen LogP contribution < -0.4 is 0 Å². The third-order valence-electron chi connectivity index (χ3n) is 3.39. The zero-order valence-corrected chi connectivity index (χ0v) is 11.1. The summed E-state index contributed by atoms with van der Waals surface area (Å²) < 4.78 is 18.9. The number of aliphatic hydroxyl groups is 1. The predicted molar refractivity (Wildman–Crippen MR) is 68.2 cm³/mol. The molecule has 1 N–H and O–H groups in total. The van der Waals surface area contributed by atoms with Gasteiger partial charge in [0.1, 0.15) is 11.4 Å². The lowest BCUT2D eigenvalue weighted by Gasteiger charge is -2.24. The van der Waals surface area contributed by atoms with E-state index in [1.807, 2.05) is 0 Å². The molecule has 0 aromatic heterocycles. The van der Waals surface area contributed by atoms with Crippen LogP contribution >= 0.6 is 11.6 Å². The summed E-state index contributed by atoms with van der Waals surface area (Å²) in [6.07, 6.45) is 0.508. The standard InChI is InChI=1S/C13H17ClFNO2/c1-18-8-7-16-6-5-13(17,9-16)10-3-2-4-11(14)12(10)15/h2-4,17H,5-9H2,1H3. The van der Waals surface area contributed by atoms with Gasteiger partial charge in [-0.1, -0.05) is 23.7 Å². The van der Waals surface area contributed by atoms with E-state index in [1.165, 1.54) is 6.07 Å². The number of hydrogen-bond acceptors (Lipinski definition) is 3. The molecule has 0 aliphatic carbocycles. The highest BCUT2D eigenvalue weighted by molar-refractivity contribution is 6.30. The van der Waals surface area contributed by atoms with Crippen LogP contribution in [-0.4, -0.2) is 43.4 Å². The van der Waals surface area contributed by atoms with Crippen molar-refractivity contribution in [2.45, 2.75) is 12.0 Å². The van der Waals surface area contributed by atoms with Crippen molar-refractivity contribution < 1.29 is 14.2 Å². The number of methoxy groups -OCH3 is 1. The Bertz CT molecular complexity index is 429. The van der Waals surface area contributed by atoms with Crippen LogP contribution in [-0.2, 0) is 10.3 Å². The van der Waals surface area contributed by atoms with E-state index in [-0.39, 0.29) is 10.6 Å². The highest BCUT2D eigenvalue weighted by Crippen LogP contribution is 2.35. The molecule has 0 spiro atoms. The Morgan fingerprint density at radius 3 is 3.06 bits per heavy atom. The number of β-amino-alcohol motifs (C(OH)–C–C–N with tert-alkyl or cyclic N) is 1. The van der Waals surface area contributed by atoms with Gasteiger partial charge in [0.25, 0.3) is 0 Å². The van der Waals surface area contributed by atoms with Gasteiger partial charge in [0.05, 0.1) is 11.6 Å². The average Bonchev–Trinajstić information content (AvgIpc) is 2.73. The minimum absolute atomic E-state index is 0.0521. The van der Waals surface area contributed by atoms with Crippen molar-refractivity contribution in [3.63, 3.8) is 0 Å². The van der Waals surface area contributed by atoms with Gasteiger partial charge >= 0.3 is 0 Å². The van der Waals surface area contributed by atoms with Crippen LogP contribution in [0.3, 0.4) is 0 Å². The fourth-order valence-corrected chi connectivity index (χ4v) is 2.54. The first kappa shape index (κ1) is 13.7. The molecule has 0 amide bonds. The molecule has 1 heterocycles. The molecular weight excluding hydrogens is 257 g/mol. The summed E-state index contributed by atoms with van der Waals surface area (Å²) >= 11 is 5.75. The van der Waals surface area contributed by atoms with Gasteiger partial charge in [0.2, 0.25) is 0 Å². The molecule has 1 saturated heterocycles. The molecule has 0 radical (unpaired) electrons. The van der Waals surface area contributed by atoms with E-state index in [1.54, 1.807) is 19.2 Å². The topological polar surface area (TPSA) is 32.7 Å². The average molecular weight is 274 g/mol. The molecule has 1 atom stereocenters. The Labute approximate surface area is 111 Å². The van der Waals surface area contributed by atoms with E-state index in [9.17, 15) is 9.50 Å². The van der Waals surface area contributed by atoms with Crippen LogP contribution in [0.2, 0.25) is 5.02 Å². The minimum atomic E-state index is -1.15. The number of hydrogen-bond donors (Lipinski definition) is 1. The van der Waals surface area contributed by atoms with Crippen LogP contribution in [0.15, 0.2) is 18.2 Å². The molecule has 1 aromatic rings. The summed E-state index contributed by atoms with van der Waals surface area (Å²) in [4.78, 5) is 2.06. The molecule has 18 heavy (non-hydrogen) atoms. The molecule has 1 aromatic carbocycles. The summed E-state index contributed by atoms with van der Waals surface area (Å²) in [6, 6.07) is 4.75. The van der Waals surface area contributed by atoms with Crippen molar-refractivity contribution in [2.75, 3.05) is 33.4 Å². The Morgan fingerprint density at radius 2 is 2.33 bits per heavy atom. The quantitative estimate of drug-likeness (QED) is 0.911. The third-order valence-corrected chi connectivity index (χ3v) is 3.68. The monoisotopic (exact) mass is 273 g/mol. The maximum absolute atomic E-state index is 13.9. The lowest BCUT2D eigenvalue weighted by molar-refractivity contribution is 0.0395. The fourth-order valence-electron chi connectivity index (χ4n) is 2.37. The van der Waals surface area contributed by atoms with Gasteiger partial charge in [-0.2, -0.15) is 0 Å². The van der Waals surface area contributed by atoms with Gasteiger partial charge in [-0.25, -0.2) is 4.39 Å². The minimum Gasteiger partial charge on any atom is -0.384 e. The highest BCUT2D eigenvalue weighted by Gasteiger charge is 2.39. The van der Waals surface area contributed by atoms with Crippen LogP contribution in [0.5, 0.6) is 0 Å². The maximum atomic E-state index is 13.9. The van der Waals surface area contributed by atoms with Crippen molar-refractivity contribution in [1.29, 1.82) is 0 Å². The SMILES string of the molecule is COCCN1CCC(O)(c2cccc(Cl)c2F)C1. The lowest BCUT2D eigenvalue weighted by Crippen LogP contribution is -2.33. The molecule has 1 aliphatic heterocycles. The van der Waals surface area contributed by atoms with Gasteiger partial charge in [-0.15, -0.1) is 0 Å². The van der Waals surface area contributed by atoms with Gasteiger partial charge in [0.15, 0.2) is 0 Å². The molecule has 5 heteroatoms. The molecule has 0 bridgehead atoms. The van der Waals surface area contributed by atoms with E-state index >= 15 is 0 Å². The van der Waals surface area contributed by atoms with Gasteiger partial charge in [-0.05, 0) is 12.5 Å². The molecule has 2 rings (SSSR count). The number of halogens is 2. The molecule has 1 fully saturated rings. The van der Waals surface area contributed by atoms with Crippen molar-refractivity contribution in [3.8, 4) is 0 Å². The van der Waals surface area contributed by atoms with Crippen LogP contribution in [0.4, 0.5) is 4.39 Å². The van der Waals surface area contributed by atoms with E-state index in [0.717, 1.165) is 13.1 Å². The Hall–Kier alpha value is -0.680. The number of ether oxygens (including phenoxy) is 1. The van der Waals surface area contributed by atoms with E-state index in [0.29, 0.717) is 19.6 Å². The summed E-state index contributed by atoms with van der Waals surface area (Å²) in [5, 5.41) is 10.6. The second-order valence-corrected chi connectivity index (χ2v) is 5.06. The number of benzene rings is 1. The van der Waals surface area contributed by atoms with Gasteiger partial charge in [0, 0.05) is 32.3 Å². The second kappa shape index (κ2) is 5.53. The summed E-state index contributed by atoms with van der Waals surface area (Å²) in [7, 11) is 1.64. The largest absolute Gasteiger partial charge is 0.384 e. The normalized spacial score (nSPS) is 24.7. The summed E-state index contributed by atoms with van der Waals surface area (Å²) in [6.45, 7) is 2.48. The van der Waals surface area contributed by atoms with Crippen molar-refractivity contribution in [2.24, 2.45) is 0 Å². The molecule has 1 unspecified atom stereocenters. The lowest BCUT2D eigenvalue weighted by atomic mass is 9.92. The molecule has 3 nitrogen and oxygen atoms in total. The first-order chi connectivity index (χ1) is 8.57. The van der Waals surface area contributed by atoms with Crippen molar-refractivity contribution >= 4 is 11.6 Å². The zero-order chi connectivity index (χ0) is 13.2. The number of likely N-dealkylation sites (tertiary alicyclic amines) is 1. The van der Waals surface area contributed by atoms with Crippen molar-refractivity contribution in [1.82, 2.24) is 4.90 Å². The van der Waals surface area contributed by atoms with Crippen molar-refractivity contribution in [3.05, 3.63) is 34.6 Å². The van der Waals surface area contributed by atoms with Crippen LogP contribution in [0, 0.1) is 5.82 Å². The summed E-state index contributed by atoms with van der Waals surface area (Å²) in [5.41, 5.74) is -0.863. The van der Waals surface area contributed by atoms with E-state index in [2.05, 4.69) is 4.90 Å². The fraction of sp³-hybridized carbons (Fsp3) is 0.538. The zero-order valence-electron chi connectivity index (χ0n) is 10.3. The molecule has 100 valence electrons. The van der Waals surface area contributed by atoms with Crippen LogP contribution in [0.1, 0.15) is 12.0 Å². The molecule has 1 aliphatic rings. The third kappa shape index (κ3) is 2.67. The highest BCUT2D eigenvalue weighted by atomic mass is 35.5. The maximum Gasteiger partial charge on any atom is 0.147 e. The smallest absolute Gasteiger partial charge is 0.147 e. The molecule has 0 saturated carbocycles. The first-order valence-electron chi connectivity index (χ1n) is 5.95. The van der Waals surface area contributed by atoms with Gasteiger partial charge in [-0.3, -0.25) is 4.90 Å². The Morgan fingerprint density at radius 1 is 1.56 bits per heavy atom. The van der Waals surface area contributed by atoms with Gasteiger partial charge < -0.3 is 9.84 Å². The Kier molecular flexibility index (Phi) is 4.22. The predicted octanol–water partition coefficient (Wildman–Crippen LogP) is 2.02. The molecular formula is C13H17ClFNO2. The van der Waals surface area contributed by atoms with E-state index < -0.39 is 11.4 Å². The number of nitrogens with zero attached hydrogens (tertiary/aromatic N) is 1. The van der Waals surface area contributed by atoms with Crippen LogP contribution in [0.25, 0.3) is 0 Å².